The first kappa shape index (κ1) is 11.1. The van der Waals surface area contributed by atoms with E-state index in [0.29, 0.717) is 21.5 Å². The standard InChI is InChI=1S/C9H9Cl2NO2/c1-5(13)12-9-7(10)3-6(14-2)4-8(9)11/h3-4H,1-2H3,(H,12,13). The van der Waals surface area contributed by atoms with Crippen LogP contribution in [0.2, 0.25) is 10.0 Å². The van der Waals surface area contributed by atoms with Crippen molar-refractivity contribution < 1.29 is 9.53 Å². The van der Waals surface area contributed by atoms with Crippen molar-refractivity contribution >= 4 is 34.8 Å². The molecular formula is C9H9Cl2NO2. The van der Waals surface area contributed by atoms with Crippen LogP contribution in [0.1, 0.15) is 6.92 Å². The molecule has 0 atom stereocenters. The maximum atomic E-state index is 10.8. The topological polar surface area (TPSA) is 38.3 Å². The van der Waals surface area contributed by atoms with Crippen LogP contribution in [-0.4, -0.2) is 13.0 Å². The summed E-state index contributed by atoms with van der Waals surface area (Å²) in [6, 6.07) is 3.16. The van der Waals surface area contributed by atoms with Crippen molar-refractivity contribution in [3.63, 3.8) is 0 Å². The average Bonchev–Trinajstić information content (AvgIpc) is 2.10. The summed E-state index contributed by atoms with van der Waals surface area (Å²) in [7, 11) is 1.51. The summed E-state index contributed by atoms with van der Waals surface area (Å²) in [6.45, 7) is 1.39. The normalized spacial score (nSPS) is 9.71. The SMILES string of the molecule is COc1cc(Cl)c(NC(C)=O)c(Cl)c1. The first-order chi connectivity index (χ1) is 6.54. The summed E-state index contributed by atoms with van der Waals surface area (Å²) in [4.78, 5) is 10.8. The lowest BCUT2D eigenvalue weighted by Gasteiger charge is -2.09. The molecule has 0 saturated carbocycles. The van der Waals surface area contributed by atoms with E-state index in [9.17, 15) is 4.79 Å². The van der Waals surface area contributed by atoms with Crippen molar-refractivity contribution in [2.75, 3.05) is 12.4 Å². The van der Waals surface area contributed by atoms with E-state index in [2.05, 4.69) is 5.32 Å². The van der Waals surface area contributed by atoms with Crippen LogP contribution in [0.5, 0.6) is 5.75 Å². The minimum atomic E-state index is -0.223. The molecule has 1 amide bonds. The number of hydrogen-bond acceptors (Lipinski definition) is 2. The Morgan fingerprint density at radius 1 is 1.36 bits per heavy atom. The molecule has 0 aliphatic carbocycles. The third-order valence-corrected chi connectivity index (χ3v) is 2.15. The molecule has 0 bridgehead atoms. The lowest BCUT2D eigenvalue weighted by molar-refractivity contribution is -0.114. The van der Waals surface area contributed by atoms with Crippen LogP contribution in [0.3, 0.4) is 0 Å². The Morgan fingerprint density at radius 2 is 1.86 bits per heavy atom. The number of halogens is 2. The highest BCUT2D eigenvalue weighted by Crippen LogP contribution is 2.34. The van der Waals surface area contributed by atoms with E-state index in [1.807, 2.05) is 0 Å². The number of anilines is 1. The van der Waals surface area contributed by atoms with Crippen LogP contribution in [0, 0.1) is 0 Å². The Labute approximate surface area is 92.0 Å². The third kappa shape index (κ3) is 2.53. The number of carbonyl (C=O) groups is 1. The third-order valence-electron chi connectivity index (χ3n) is 1.55. The van der Waals surface area contributed by atoms with E-state index < -0.39 is 0 Å². The van der Waals surface area contributed by atoms with E-state index >= 15 is 0 Å². The van der Waals surface area contributed by atoms with Crippen molar-refractivity contribution in [3.05, 3.63) is 22.2 Å². The fraction of sp³-hybridized carbons (Fsp3) is 0.222. The number of hydrogen-bond donors (Lipinski definition) is 1. The highest BCUT2D eigenvalue weighted by atomic mass is 35.5. The number of benzene rings is 1. The molecule has 3 nitrogen and oxygen atoms in total. The number of nitrogens with one attached hydrogen (secondary N) is 1. The van der Waals surface area contributed by atoms with Gasteiger partial charge in [0.2, 0.25) is 5.91 Å². The van der Waals surface area contributed by atoms with E-state index in [0.717, 1.165) is 0 Å². The lowest BCUT2D eigenvalue weighted by Crippen LogP contribution is -2.06. The zero-order valence-electron chi connectivity index (χ0n) is 7.73. The molecule has 1 rings (SSSR count). The van der Waals surface area contributed by atoms with Gasteiger partial charge in [-0.25, -0.2) is 0 Å². The minimum absolute atomic E-state index is 0.223. The Morgan fingerprint density at radius 3 is 2.21 bits per heavy atom. The van der Waals surface area contributed by atoms with Crippen LogP contribution >= 0.6 is 23.2 Å². The van der Waals surface area contributed by atoms with Gasteiger partial charge in [-0.15, -0.1) is 0 Å². The first-order valence-corrected chi connectivity index (χ1v) is 4.61. The predicted octanol–water partition coefficient (Wildman–Crippen LogP) is 2.96. The molecule has 0 unspecified atom stereocenters. The second-order valence-corrected chi connectivity index (χ2v) is 3.46. The van der Waals surface area contributed by atoms with Crippen LogP contribution < -0.4 is 10.1 Å². The van der Waals surface area contributed by atoms with Gasteiger partial charge in [0.25, 0.3) is 0 Å². The molecule has 1 N–H and O–H groups in total. The molecule has 0 aromatic heterocycles. The monoisotopic (exact) mass is 233 g/mol. The summed E-state index contributed by atoms with van der Waals surface area (Å²) in [6.07, 6.45) is 0. The van der Waals surface area contributed by atoms with Crippen LogP contribution in [0.15, 0.2) is 12.1 Å². The molecule has 0 heterocycles. The summed E-state index contributed by atoms with van der Waals surface area (Å²) in [5.41, 5.74) is 0.404. The van der Waals surface area contributed by atoms with Gasteiger partial charge in [0.15, 0.2) is 0 Å². The first-order valence-electron chi connectivity index (χ1n) is 3.85. The highest BCUT2D eigenvalue weighted by molar-refractivity contribution is 6.40. The maximum Gasteiger partial charge on any atom is 0.221 e. The van der Waals surface area contributed by atoms with E-state index in [1.165, 1.54) is 14.0 Å². The molecule has 0 fully saturated rings. The van der Waals surface area contributed by atoms with Crippen molar-refractivity contribution in [1.82, 2.24) is 0 Å². The Hall–Kier alpha value is -0.930. The average molecular weight is 234 g/mol. The van der Waals surface area contributed by atoms with Crippen molar-refractivity contribution in [2.24, 2.45) is 0 Å². The van der Waals surface area contributed by atoms with Crippen LogP contribution in [0.25, 0.3) is 0 Å². The smallest absolute Gasteiger partial charge is 0.221 e. The zero-order chi connectivity index (χ0) is 10.7. The molecule has 5 heteroatoms. The molecule has 0 saturated heterocycles. The number of methoxy groups -OCH3 is 1. The molecule has 0 aliphatic heterocycles. The predicted molar refractivity (Wildman–Crippen MR) is 57.3 cm³/mol. The van der Waals surface area contributed by atoms with Crippen molar-refractivity contribution in [1.29, 1.82) is 0 Å². The van der Waals surface area contributed by atoms with Gasteiger partial charge in [0.1, 0.15) is 5.75 Å². The van der Waals surface area contributed by atoms with Gasteiger partial charge in [-0.3, -0.25) is 4.79 Å². The van der Waals surface area contributed by atoms with Gasteiger partial charge in [-0.1, -0.05) is 23.2 Å². The number of amides is 1. The fourth-order valence-corrected chi connectivity index (χ4v) is 1.52. The quantitative estimate of drug-likeness (QED) is 0.854. The second-order valence-electron chi connectivity index (χ2n) is 2.65. The lowest BCUT2D eigenvalue weighted by atomic mass is 10.3. The van der Waals surface area contributed by atoms with E-state index in [1.54, 1.807) is 12.1 Å². The van der Waals surface area contributed by atoms with E-state index in [-0.39, 0.29) is 5.91 Å². The minimum Gasteiger partial charge on any atom is -0.497 e. The molecular weight excluding hydrogens is 225 g/mol. The fourth-order valence-electron chi connectivity index (χ4n) is 0.963. The second kappa shape index (κ2) is 4.53. The Kier molecular flexibility index (Phi) is 3.61. The van der Waals surface area contributed by atoms with Gasteiger partial charge < -0.3 is 10.1 Å². The number of carbonyl (C=O) groups excluding carboxylic acids is 1. The van der Waals surface area contributed by atoms with Gasteiger partial charge in [-0.2, -0.15) is 0 Å². The van der Waals surface area contributed by atoms with Gasteiger partial charge >= 0.3 is 0 Å². The summed E-state index contributed by atoms with van der Waals surface area (Å²) in [5.74, 6) is 0.327. The number of ether oxygens (including phenoxy) is 1. The summed E-state index contributed by atoms with van der Waals surface area (Å²) >= 11 is 11.8. The van der Waals surface area contributed by atoms with Crippen molar-refractivity contribution in [2.45, 2.75) is 6.92 Å². The highest BCUT2D eigenvalue weighted by Gasteiger charge is 2.09. The van der Waals surface area contributed by atoms with Gasteiger partial charge in [0.05, 0.1) is 22.8 Å². The molecule has 0 spiro atoms. The van der Waals surface area contributed by atoms with Gasteiger partial charge in [-0.05, 0) is 0 Å². The molecule has 1 aromatic rings. The Balaban J connectivity index is 3.11. The molecule has 76 valence electrons. The van der Waals surface area contributed by atoms with Crippen LogP contribution in [-0.2, 0) is 4.79 Å². The molecule has 1 aromatic carbocycles. The molecule has 0 radical (unpaired) electrons. The number of rotatable bonds is 2. The summed E-state index contributed by atoms with van der Waals surface area (Å²) < 4.78 is 4.95. The largest absolute Gasteiger partial charge is 0.497 e. The summed E-state index contributed by atoms with van der Waals surface area (Å²) in [5, 5.41) is 3.24. The maximum absolute atomic E-state index is 10.8. The zero-order valence-corrected chi connectivity index (χ0v) is 9.24. The van der Waals surface area contributed by atoms with Crippen LogP contribution in [0.4, 0.5) is 5.69 Å². The Bertz CT molecular complexity index is 343. The van der Waals surface area contributed by atoms with Crippen molar-refractivity contribution in [3.8, 4) is 5.75 Å². The van der Waals surface area contributed by atoms with E-state index in [4.69, 9.17) is 27.9 Å². The van der Waals surface area contributed by atoms with Gasteiger partial charge in [0, 0.05) is 19.1 Å². The molecule has 0 aliphatic rings. The molecule has 14 heavy (non-hydrogen) atoms.